The van der Waals surface area contributed by atoms with Crippen molar-refractivity contribution in [3.8, 4) is 0 Å². The minimum Gasteiger partial charge on any atom is -0.326 e. The maximum atomic E-state index is 11.6. The van der Waals surface area contributed by atoms with Crippen LogP contribution < -0.4 is 0 Å². The van der Waals surface area contributed by atoms with Gasteiger partial charge in [0.2, 0.25) is 0 Å². The van der Waals surface area contributed by atoms with Crippen LogP contribution in [-0.2, 0) is 6.54 Å². The SMILES string of the molecule is CN1CCN(Cc2cccc(Br)n2)C1=O. The summed E-state index contributed by atoms with van der Waals surface area (Å²) in [5.41, 5.74) is 0.910. The first-order chi connectivity index (χ1) is 7.16. The zero-order valence-electron chi connectivity index (χ0n) is 8.48. The number of hydrogen-bond acceptors (Lipinski definition) is 2. The summed E-state index contributed by atoms with van der Waals surface area (Å²) in [7, 11) is 1.82. The molecule has 0 aliphatic carbocycles. The number of carbonyl (C=O) groups is 1. The number of hydrogen-bond donors (Lipinski definition) is 0. The summed E-state index contributed by atoms with van der Waals surface area (Å²) in [6.45, 7) is 2.17. The highest BCUT2D eigenvalue weighted by atomic mass is 79.9. The Balaban J connectivity index is 2.06. The van der Waals surface area contributed by atoms with Crippen molar-refractivity contribution in [2.45, 2.75) is 6.54 Å². The zero-order chi connectivity index (χ0) is 10.8. The average Bonchev–Trinajstić information content (AvgIpc) is 2.50. The van der Waals surface area contributed by atoms with Crippen LogP contribution in [0.2, 0.25) is 0 Å². The Morgan fingerprint density at radius 2 is 2.27 bits per heavy atom. The van der Waals surface area contributed by atoms with Gasteiger partial charge in [-0.3, -0.25) is 0 Å². The molecule has 1 saturated heterocycles. The van der Waals surface area contributed by atoms with Crippen LogP contribution in [0.15, 0.2) is 22.8 Å². The van der Waals surface area contributed by atoms with E-state index in [0.29, 0.717) is 6.54 Å². The first kappa shape index (κ1) is 10.4. The van der Waals surface area contributed by atoms with Crippen molar-refractivity contribution >= 4 is 22.0 Å². The van der Waals surface area contributed by atoms with Crippen LogP contribution in [0, 0.1) is 0 Å². The van der Waals surface area contributed by atoms with Gasteiger partial charge in [-0.25, -0.2) is 9.78 Å². The number of rotatable bonds is 2. The van der Waals surface area contributed by atoms with Gasteiger partial charge in [0, 0.05) is 20.1 Å². The largest absolute Gasteiger partial charge is 0.326 e. The third kappa shape index (κ3) is 2.28. The molecule has 1 aliphatic rings. The second-order valence-electron chi connectivity index (χ2n) is 3.58. The number of likely N-dealkylation sites (N-methyl/N-ethyl adjacent to an activating group) is 1. The van der Waals surface area contributed by atoms with E-state index in [0.717, 1.165) is 23.4 Å². The van der Waals surface area contributed by atoms with Gasteiger partial charge in [-0.2, -0.15) is 0 Å². The fourth-order valence-electron chi connectivity index (χ4n) is 1.58. The van der Waals surface area contributed by atoms with Crippen molar-refractivity contribution in [2.24, 2.45) is 0 Å². The van der Waals surface area contributed by atoms with E-state index in [4.69, 9.17) is 0 Å². The Kier molecular flexibility index (Phi) is 2.90. The van der Waals surface area contributed by atoms with Crippen molar-refractivity contribution < 1.29 is 4.79 Å². The van der Waals surface area contributed by atoms with E-state index < -0.39 is 0 Å². The molecule has 1 aliphatic heterocycles. The van der Waals surface area contributed by atoms with Crippen LogP contribution in [0.25, 0.3) is 0 Å². The third-order valence-electron chi connectivity index (χ3n) is 2.43. The molecule has 5 heteroatoms. The van der Waals surface area contributed by atoms with Crippen LogP contribution in [0.1, 0.15) is 5.69 Å². The first-order valence-electron chi connectivity index (χ1n) is 4.78. The summed E-state index contributed by atoms with van der Waals surface area (Å²) in [5.74, 6) is 0. The zero-order valence-corrected chi connectivity index (χ0v) is 10.1. The maximum absolute atomic E-state index is 11.6. The molecule has 0 atom stereocenters. The fraction of sp³-hybridized carbons (Fsp3) is 0.400. The molecule has 80 valence electrons. The summed E-state index contributed by atoms with van der Waals surface area (Å²) >= 11 is 3.31. The summed E-state index contributed by atoms with van der Waals surface area (Å²) in [5, 5.41) is 0. The van der Waals surface area contributed by atoms with Gasteiger partial charge in [-0.1, -0.05) is 6.07 Å². The van der Waals surface area contributed by atoms with Gasteiger partial charge in [-0.05, 0) is 28.1 Å². The molecule has 0 saturated carbocycles. The first-order valence-corrected chi connectivity index (χ1v) is 5.57. The van der Waals surface area contributed by atoms with Crippen molar-refractivity contribution in [2.75, 3.05) is 20.1 Å². The lowest BCUT2D eigenvalue weighted by molar-refractivity contribution is 0.196. The Bertz CT molecular complexity index is 383. The highest BCUT2D eigenvalue weighted by Crippen LogP contribution is 2.12. The highest BCUT2D eigenvalue weighted by Gasteiger charge is 2.25. The second-order valence-corrected chi connectivity index (χ2v) is 4.39. The summed E-state index contributed by atoms with van der Waals surface area (Å²) in [6, 6.07) is 5.81. The molecule has 1 aromatic heterocycles. The van der Waals surface area contributed by atoms with Gasteiger partial charge >= 0.3 is 6.03 Å². The third-order valence-corrected chi connectivity index (χ3v) is 2.87. The van der Waals surface area contributed by atoms with Crippen molar-refractivity contribution in [1.82, 2.24) is 14.8 Å². The molecule has 15 heavy (non-hydrogen) atoms. The normalized spacial score (nSPS) is 16.3. The van der Waals surface area contributed by atoms with Gasteiger partial charge in [-0.15, -0.1) is 0 Å². The van der Waals surface area contributed by atoms with Gasteiger partial charge < -0.3 is 9.80 Å². The number of urea groups is 1. The molecule has 0 aromatic carbocycles. The molecular weight excluding hydrogens is 258 g/mol. The van der Waals surface area contributed by atoms with E-state index in [-0.39, 0.29) is 6.03 Å². The predicted octanol–water partition coefficient (Wildman–Crippen LogP) is 1.71. The molecule has 2 amide bonds. The van der Waals surface area contributed by atoms with E-state index in [1.807, 2.05) is 25.2 Å². The van der Waals surface area contributed by atoms with Crippen molar-refractivity contribution in [3.05, 3.63) is 28.5 Å². The molecule has 0 unspecified atom stereocenters. The van der Waals surface area contributed by atoms with Crippen LogP contribution in [0.5, 0.6) is 0 Å². The summed E-state index contributed by atoms with van der Waals surface area (Å²) in [4.78, 5) is 19.4. The molecular formula is C10H12BrN3O. The van der Waals surface area contributed by atoms with Gasteiger partial charge in [0.15, 0.2) is 0 Å². The highest BCUT2D eigenvalue weighted by molar-refractivity contribution is 9.10. The minimum atomic E-state index is 0.0803. The van der Waals surface area contributed by atoms with Crippen molar-refractivity contribution in [3.63, 3.8) is 0 Å². The summed E-state index contributed by atoms with van der Waals surface area (Å²) < 4.78 is 0.806. The molecule has 0 spiro atoms. The Morgan fingerprint density at radius 3 is 2.87 bits per heavy atom. The van der Waals surface area contributed by atoms with E-state index in [9.17, 15) is 4.79 Å². The molecule has 2 rings (SSSR count). The molecule has 1 aromatic rings. The smallest absolute Gasteiger partial charge is 0.320 e. The van der Waals surface area contributed by atoms with Crippen LogP contribution >= 0.6 is 15.9 Å². The van der Waals surface area contributed by atoms with Crippen LogP contribution in [0.4, 0.5) is 4.79 Å². The minimum absolute atomic E-state index is 0.0803. The van der Waals surface area contributed by atoms with E-state index >= 15 is 0 Å². The second kappa shape index (κ2) is 4.18. The lowest BCUT2D eigenvalue weighted by atomic mass is 10.3. The van der Waals surface area contributed by atoms with Crippen molar-refractivity contribution in [1.29, 1.82) is 0 Å². The van der Waals surface area contributed by atoms with Crippen LogP contribution in [-0.4, -0.2) is 41.0 Å². The van der Waals surface area contributed by atoms with E-state index in [1.54, 1.807) is 9.80 Å². The quantitative estimate of drug-likeness (QED) is 0.767. The lowest BCUT2D eigenvalue weighted by Crippen LogP contribution is -2.29. The van der Waals surface area contributed by atoms with Gasteiger partial charge in [0.1, 0.15) is 4.60 Å². The average molecular weight is 270 g/mol. The predicted molar refractivity (Wildman–Crippen MR) is 60.4 cm³/mol. The Hall–Kier alpha value is -1.10. The van der Waals surface area contributed by atoms with Crippen LogP contribution in [0.3, 0.4) is 0 Å². The number of halogens is 1. The fourth-order valence-corrected chi connectivity index (χ4v) is 1.96. The number of amides is 2. The molecule has 0 N–H and O–H groups in total. The van der Waals surface area contributed by atoms with E-state index in [2.05, 4.69) is 20.9 Å². The number of carbonyl (C=O) groups excluding carboxylic acids is 1. The maximum Gasteiger partial charge on any atom is 0.320 e. The monoisotopic (exact) mass is 269 g/mol. The molecule has 1 fully saturated rings. The van der Waals surface area contributed by atoms with Gasteiger partial charge in [0.25, 0.3) is 0 Å². The summed E-state index contributed by atoms with van der Waals surface area (Å²) in [6.07, 6.45) is 0. The molecule has 2 heterocycles. The Labute approximate surface area is 97.0 Å². The number of nitrogens with zero attached hydrogens (tertiary/aromatic N) is 3. The lowest BCUT2D eigenvalue weighted by Gasteiger charge is -2.15. The molecule has 0 bridgehead atoms. The topological polar surface area (TPSA) is 36.4 Å². The number of aromatic nitrogens is 1. The van der Waals surface area contributed by atoms with Gasteiger partial charge in [0.05, 0.1) is 12.2 Å². The van der Waals surface area contributed by atoms with E-state index in [1.165, 1.54) is 0 Å². The molecule has 0 radical (unpaired) electrons. The Morgan fingerprint density at radius 1 is 1.47 bits per heavy atom. The number of pyridine rings is 1. The standard InChI is InChI=1S/C10H12BrN3O/c1-13-5-6-14(10(13)15)7-8-3-2-4-9(11)12-8/h2-4H,5-7H2,1H3. The molecule has 4 nitrogen and oxygen atoms in total.